The van der Waals surface area contributed by atoms with Gasteiger partial charge in [-0.15, -0.1) is 0 Å². The van der Waals surface area contributed by atoms with Gasteiger partial charge in [-0.1, -0.05) is 30.5 Å². The van der Waals surface area contributed by atoms with Crippen LogP contribution in [0.1, 0.15) is 37.7 Å². The zero-order valence-corrected chi connectivity index (χ0v) is 12.0. The topological polar surface area (TPSA) is 46.3 Å². The highest BCUT2D eigenvalue weighted by atomic mass is 35.5. The molecule has 1 amide bonds. The summed E-state index contributed by atoms with van der Waals surface area (Å²) in [4.78, 5) is 14.1. The van der Waals surface area contributed by atoms with E-state index in [9.17, 15) is 4.79 Å². The van der Waals surface area contributed by atoms with Crippen molar-refractivity contribution >= 4 is 23.2 Å². The maximum atomic E-state index is 12.2. The zero-order valence-electron chi connectivity index (χ0n) is 11.2. The Morgan fingerprint density at radius 3 is 2.84 bits per heavy atom. The molecule has 19 heavy (non-hydrogen) atoms. The fraction of sp³-hybridized carbons (Fsp3) is 0.533. The van der Waals surface area contributed by atoms with E-state index in [0.717, 1.165) is 61.5 Å². The van der Waals surface area contributed by atoms with Crippen molar-refractivity contribution in [1.29, 1.82) is 0 Å². The first-order valence-electron chi connectivity index (χ1n) is 7.02. The number of benzene rings is 1. The smallest absolute Gasteiger partial charge is 0.226 e. The van der Waals surface area contributed by atoms with E-state index < -0.39 is 0 Å². The third-order valence-corrected chi connectivity index (χ3v) is 3.97. The van der Waals surface area contributed by atoms with Crippen LogP contribution in [0.2, 0.25) is 5.02 Å². The molecule has 0 spiro atoms. The van der Waals surface area contributed by atoms with Crippen LogP contribution in [0.5, 0.6) is 0 Å². The number of carbonyl (C=O) groups is 1. The van der Waals surface area contributed by atoms with Gasteiger partial charge in [-0.3, -0.25) is 4.79 Å². The summed E-state index contributed by atoms with van der Waals surface area (Å²) in [6.45, 7) is 1.51. The maximum absolute atomic E-state index is 12.2. The summed E-state index contributed by atoms with van der Waals surface area (Å²) in [5.41, 5.74) is 7.56. The average Bonchev–Trinajstić information content (AvgIpc) is 2.84. The van der Waals surface area contributed by atoms with Crippen molar-refractivity contribution in [3.05, 3.63) is 28.8 Å². The predicted molar refractivity (Wildman–Crippen MR) is 79.6 cm³/mol. The van der Waals surface area contributed by atoms with Gasteiger partial charge >= 0.3 is 0 Å². The molecule has 0 bridgehead atoms. The number of hydrogen-bond donors (Lipinski definition) is 1. The summed E-state index contributed by atoms with van der Waals surface area (Å²) in [6, 6.07) is 5.79. The van der Waals surface area contributed by atoms with Crippen LogP contribution in [0.4, 0.5) is 5.69 Å². The molecule has 104 valence electrons. The quantitative estimate of drug-likeness (QED) is 0.814. The van der Waals surface area contributed by atoms with E-state index in [0.29, 0.717) is 6.42 Å². The molecule has 0 atom stereocenters. The minimum atomic E-state index is 0.216. The number of anilines is 1. The van der Waals surface area contributed by atoms with Gasteiger partial charge in [0.05, 0.1) is 0 Å². The number of carbonyl (C=O) groups excluding carboxylic acids is 1. The van der Waals surface area contributed by atoms with Crippen molar-refractivity contribution in [2.45, 2.75) is 38.5 Å². The number of hydrogen-bond acceptors (Lipinski definition) is 2. The fourth-order valence-corrected chi connectivity index (χ4v) is 2.82. The molecule has 0 fully saturated rings. The molecule has 0 aliphatic carbocycles. The highest BCUT2D eigenvalue weighted by Gasteiger charge is 2.25. The second kappa shape index (κ2) is 6.92. The molecule has 0 unspecified atom stereocenters. The van der Waals surface area contributed by atoms with E-state index in [2.05, 4.69) is 0 Å². The number of unbranched alkanes of at least 4 members (excludes halogenated alkanes) is 3. The number of halogens is 1. The van der Waals surface area contributed by atoms with Crippen LogP contribution >= 0.6 is 11.6 Å². The predicted octanol–water partition coefficient (Wildman–Crippen LogP) is 3.14. The van der Waals surface area contributed by atoms with Crippen LogP contribution in [-0.2, 0) is 11.2 Å². The number of fused-ring (bicyclic) bond motifs is 1. The molecule has 1 aliphatic heterocycles. The Labute approximate surface area is 119 Å². The number of nitrogens with zero attached hydrogens (tertiary/aromatic N) is 1. The Kier molecular flexibility index (Phi) is 5.23. The fourth-order valence-electron chi connectivity index (χ4n) is 2.56. The number of rotatable bonds is 6. The lowest BCUT2D eigenvalue weighted by molar-refractivity contribution is -0.118. The van der Waals surface area contributed by atoms with Gasteiger partial charge < -0.3 is 10.6 Å². The summed E-state index contributed by atoms with van der Waals surface area (Å²) in [6.07, 6.45) is 5.69. The first-order valence-corrected chi connectivity index (χ1v) is 7.39. The lowest BCUT2D eigenvalue weighted by Crippen LogP contribution is -2.28. The summed E-state index contributed by atoms with van der Waals surface area (Å²) in [5, 5.41) is 0.774. The molecule has 0 saturated heterocycles. The molecule has 1 aliphatic rings. The van der Waals surface area contributed by atoms with Crippen LogP contribution in [0.15, 0.2) is 18.2 Å². The molecule has 0 radical (unpaired) electrons. The van der Waals surface area contributed by atoms with Crippen LogP contribution in [0, 0.1) is 0 Å². The zero-order chi connectivity index (χ0) is 13.7. The first-order chi connectivity index (χ1) is 9.24. The van der Waals surface area contributed by atoms with Crippen molar-refractivity contribution < 1.29 is 4.79 Å². The van der Waals surface area contributed by atoms with Gasteiger partial charge in [0.15, 0.2) is 0 Å². The van der Waals surface area contributed by atoms with Gasteiger partial charge in [0, 0.05) is 23.7 Å². The van der Waals surface area contributed by atoms with Crippen molar-refractivity contribution in [2.24, 2.45) is 5.73 Å². The molecule has 3 nitrogen and oxygen atoms in total. The molecular formula is C15H21ClN2O. The first kappa shape index (κ1) is 14.4. The Balaban J connectivity index is 1.87. The van der Waals surface area contributed by atoms with E-state index in [1.165, 1.54) is 0 Å². The summed E-state index contributed by atoms with van der Waals surface area (Å²) in [7, 11) is 0. The second-order valence-electron chi connectivity index (χ2n) is 4.99. The molecule has 0 saturated carbocycles. The molecular weight excluding hydrogens is 260 g/mol. The van der Waals surface area contributed by atoms with E-state index in [1.807, 2.05) is 23.1 Å². The molecule has 4 heteroatoms. The third-order valence-electron chi connectivity index (χ3n) is 3.62. The standard InChI is InChI=1S/C15H21ClN2O/c16-13-6-5-7-14-12(13)9-11-18(14)15(19)8-3-1-2-4-10-17/h5-7H,1-4,8-11,17H2. The van der Waals surface area contributed by atoms with Crippen LogP contribution in [-0.4, -0.2) is 19.0 Å². The van der Waals surface area contributed by atoms with Crippen molar-refractivity contribution in [3.63, 3.8) is 0 Å². The molecule has 1 heterocycles. The average molecular weight is 281 g/mol. The Bertz CT molecular complexity index is 448. The number of amides is 1. The monoisotopic (exact) mass is 280 g/mol. The lowest BCUT2D eigenvalue weighted by Gasteiger charge is -2.17. The van der Waals surface area contributed by atoms with Crippen LogP contribution in [0.25, 0.3) is 0 Å². The highest BCUT2D eigenvalue weighted by Crippen LogP contribution is 2.33. The minimum absolute atomic E-state index is 0.216. The lowest BCUT2D eigenvalue weighted by atomic mass is 10.1. The van der Waals surface area contributed by atoms with Gasteiger partial charge in [0.25, 0.3) is 0 Å². The van der Waals surface area contributed by atoms with Gasteiger partial charge in [-0.25, -0.2) is 0 Å². The Morgan fingerprint density at radius 2 is 2.05 bits per heavy atom. The van der Waals surface area contributed by atoms with Crippen LogP contribution < -0.4 is 10.6 Å². The molecule has 1 aromatic carbocycles. The SMILES string of the molecule is NCCCCCCC(=O)N1CCc2c(Cl)cccc21. The molecule has 1 aromatic rings. The summed E-state index contributed by atoms with van der Waals surface area (Å²) >= 11 is 6.15. The van der Waals surface area contributed by atoms with E-state index in [-0.39, 0.29) is 5.91 Å². The van der Waals surface area contributed by atoms with Gasteiger partial charge in [-0.2, -0.15) is 0 Å². The number of nitrogens with two attached hydrogens (primary N) is 1. The second-order valence-corrected chi connectivity index (χ2v) is 5.39. The summed E-state index contributed by atoms with van der Waals surface area (Å²) < 4.78 is 0. The van der Waals surface area contributed by atoms with Gasteiger partial charge in [-0.05, 0) is 43.5 Å². The Morgan fingerprint density at radius 1 is 1.26 bits per heavy atom. The van der Waals surface area contributed by atoms with E-state index in [1.54, 1.807) is 0 Å². The van der Waals surface area contributed by atoms with E-state index in [4.69, 9.17) is 17.3 Å². The van der Waals surface area contributed by atoms with Crippen molar-refractivity contribution in [1.82, 2.24) is 0 Å². The third kappa shape index (κ3) is 3.48. The minimum Gasteiger partial charge on any atom is -0.330 e. The maximum Gasteiger partial charge on any atom is 0.226 e. The molecule has 2 N–H and O–H groups in total. The molecule has 0 aromatic heterocycles. The summed E-state index contributed by atoms with van der Waals surface area (Å²) in [5.74, 6) is 0.216. The largest absolute Gasteiger partial charge is 0.330 e. The van der Waals surface area contributed by atoms with Crippen LogP contribution in [0.3, 0.4) is 0 Å². The molecule has 2 rings (SSSR count). The Hall–Kier alpha value is -1.06. The highest BCUT2D eigenvalue weighted by molar-refractivity contribution is 6.32. The van der Waals surface area contributed by atoms with Crippen molar-refractivity contribution in [2.75, 3.05) is 18.0 Å². The normalized spacial score (nSPS) is 13.7. The van der Waals surface area contributed by atoms with Gasteiger partial charge in [0.1, 0.15) is 0 Å². The van der Waals surface area contributed by atoms with E-state index >= 15 is 0 Å². The van der Waals surface area contributed by atoms with Crippen molar-refractivity contribution in [3.8, 4) is 0 Å². The van der Waals surface area contributed by atoms with Gasteiger partial charge in [0.2, 0.25) is 5.91 Å².